The van der Waals surface area contributed by atoms with Crippen LogP contribution in [0.3, 0.4) is 0 Å². The van der Waals surface area contributed by atoms with Crippen molar-refractivity contribution >= 4 is 22.1 Å². The Labute approximate surface area is 344 Å². The minimum Gasteiger partial charge on any atom is -0.462 e. The average molecular weight is 831 g/mol. The van der Waals surface area contributed by atoms with Crippen LogP contribution >= 0.6 is 0 Å². The van der Waals surface area contributed by atoms with Gasteiger partial charge in [-0.3, -0.25) is 14.1 Å². The van der Waals surface area contributed by atoms with E-state index in [0.29, 0.717) is 12.8 Å². The van der Waals surface area contributed by atoms with E-state index in [0.717, 1.165) is 70.6 Å². The lowest BCUT2D eigenvalue weighted by molar-refractivity contribution is -0.297. The third-order valence-electron chi connectivity index (χ3n) is 9.94. The average Bonchev–Trinajstić information content (AvgIpc) is 3.17. The lowest BCUT2D eigenvalue weighted by atomic mass is 10.00. The van der Waals surface area contributed by atoms with Gasteiger partial charge in [0, 0.05) is 12.8 Å². The van der Waals surface area contributed by atoms with Crippen LogP contribution in [0.1, 0.15) is 174 Å². The van der Waals surface area contributed by atoms with E-state index in [4.69, 9.17) is 18.9 Å². The minimum absolute atomic E-state index is 0.141. The fourth-order valence-electron chi connectivity index (χ4n) is 6.45. The predicted molar refractivity (Wildman–Crippen MR) is 224 cm³/mol. The van der Waals surface area contributed by atoms with E-state index in [9.17, 15) is 37.9 Å². The molecule has 1 saturated heterocycles. The highest BCUT2D eigenvalue weighted by Gasteiger charge is 2.46. The van der Waals surface area contributed by atoms with Crippen molar-refractivity contribution in [1.29, 1.82) is 0 Å². The highest BCUT2D eigenvalue weighted by atomic mass is 32.2. The molecule has 0 saturated carbocycles. The molecular formula is C44H78O12S. The van der Waals surface area contributed by atoms with Crippen LogP contribution in [0.5, 0.6) is 0 Å². The molecule has 13 heteroatoms. The van der Waals surface area contributed by atoms with Crippen LogP contribution in [0, 0.1) is 0 Å². The van der Waals surface area contributed by atoms with Crippen molar-refractivity contribution in [2.75, 3.05) is 19.0 Å². The number of aliphatic hydroxyl groups excluding tert-OH is 3. The van der Waals surface area contributed by atoms with Gasteiger partial charge in [-0.2, -0.15) is 8.42 Å². The quantitative estimate of drug-likeness (QED) is 0.0204. The fraction of sp³-hybridized carbons (Fsp3) is 0.818. The molecule has 0 spiro atoms. The molecule has 1 aliphatic heterocycles. The van der Waals surface area contributed by atoms with Crippen molar-refractivity contribution in [2.45, 2.75) is 211 Å². The van der Waals surface area contributed by atoms with Crippen molar-refractivity contribution in [3.8, 4) is 0 Å². The molecule has 1 aliphatic rings. The molecule has 1 heterocycles. The van der Waals surface area contributed by atoms with Crippen LogP contribution in [0.2, 0.25) is 0 Å². The van der Waals surface area contributed by atoms with E-state index in [1.165, 1.54) is 64.2 Å². The monoisotopic (exact) mass is 831 g/mol. The zero-order valence-electron chi connectivity index (χ0n) is 35.2. The van der Waals surface area contributed by atoms with Gasteiger partial charge in [-0.05, 0) is 64.2 Å². The molecule has 0 aromatic rings. The molecule has 6 atom stereocenters. The third-order valence-corrected chi connectivity index (χ3v) is 10.7. The SMILES string of the molecule is CCCC/C=C/C/C=C/CCCCCCCC(=O)OC[C@H](CO[C@H]1O[C@H](CS(=O)(=O)O)[C@@H](O)C(O)C1O)OC(=O)CCCCC/C=C/CCCCCCCCCC. The molecule has 4 N–H and O–H groups in total. The number of esters is 2. The normalized spacial score (nSPS) is 20.8. The van der Waals surface area contributed by atoms with E-state index in [2.05, 4.69) is 50.3 Å². The molecule has 1 fully saturated rings. The van der Waals surface area contributed by atoms with E-state index in [1.54, 1.807) is 0 Å². The topological polar surface area (TPSA) is 186 Å². The Bertz CT molecular complexity index is 1200. The van der Waals surface area contributed by atoms with Gasteiger partial charge in [-0.25, -0.2) is 0 Å². The molecule has 0 bridgehead atoms. The van der Waals surface area contributed by atoms with Gasteiger partial charge in [-0.15, -0.1) is 0 Å². The van der Waals surface area contributed by atoms with Crippen LogP contribution in [0.15, 0.2) is 36.5 Å². The summed E-state index contributed by atoms with van der Waals surface area (Å²) >= 11 is 0. The second-order valence-corrected chi connectivity index (χ2v) is 16.9. The molecule has 0 aromatic carbocycles. The third kappa shape index (κ3) is 29.7. The largest absolute Gasteiger partial charge is 0.462 e. The molecule has 57 heavy (non-hydrogen) atoms. The maximum absolute atomic E-state index is 12.8. The van der Waals surface area contributed by atoms with Crippen LogP contribution in [-0.4, -0.2) is 96.0 Å². The van der Waals surface area contributed by atoms with E-state index in [1.807, 2.05) is 0 Å². The highest BCUT2D eigenvalue weighted by Crippen LogP contribution is 2.24. The summed E-state index contributed by atoms with van der Waals surface area (Å²) in [6.07, 6.45) is 29.0. The van der Waals surface area contributed by atoms with Gasteiger partial charge in [0.05, 0.1) is 6.61 Å². The van der Waals surface area contributed by atoms with E-state index < -0.39 is 71.2 Å². The summed E-state index contributed by atoms with van der Waals surface area (Å²) in [6, 6.07) is 0. The van der Waals surface area contributed by atoms with Gasteiger partial charge in [0.1, 0.15) is 36.8 Å². The standard InChI is InChI=1S/C44H78O12S/c1-3-5-7-9-11-13-15-17-19-21-23-25-27-29-31-33-40(46)55-37(35-54-44-43(49)42(48)41(47)38(56-44)36-57(50,51)52)34-53-39(45)32-30-28-26-24-22-20-18-16-14-12-10-8-6-4-2/h10,12,16,18,21,23,37-38,41-44,47-49H,3-9,11,13-15,17,19-20,22,24-36H2,1-2H3,(H,50,51,52)/b12-10+,18-16+,23-21+/t37-,38-,41-,42?,43?,44+/m1/s1. The number of hydrogen-bond donors (Lipinski definition) is 4. The van der Waals surface area contributed by atoms with E-state index >= 15 is 0 Å². The Morgan fingerprint density at radius 2 is 1.07 bits per heavy atom. The lowest BCUT2D eigenvalue weighted by Crippen LogP contribution is -2.60. The summed E-state index contributed by atoms with van der Waals surface area (Å²) in [4.78, 5) is 25.3. The zero-order chi connectivity index (χ0) is 42.0. The van der Waals surface area contributed by atoms with E-state index in [-0.39, 0.29) is 19.4 Å². The summed E-state index contributed by atoms with van der Waals surface area (Å²) in [5, 5.41) is 30.8. The Morgan fingerprint density at radius 1 is 0.596 bits per heavy atom. The van der Waals surface area contributed by atoms with Crippen molar-refractivity contribution in [3.05, 3.63) is 36.5 Å². The lowest BCUT2D eigenvalue weighted by Gasteiger charge is -2.40. The van der Waals surface area contributed by atoms with Crippen molar-refractivity contribution in [1.82, 2.24) is 0 Å². The summed E-state index contributed by atoms with van der Waals surface area (Å²) in [6.45, 7) is 3.68. The highest BCUT2D eigenvalue weighted by molar-refractivity contribution is 7.85. The molecule has 1 rings (SSSR count). The Balaban J connectivity index is 2.49. The van der Waals surface area contributed by atoms with Crippen molar-refractivity contribution in [2.24, 2.45) is 0 Å². The Morgan fingerprint density at radius 3 is 1.63 bits per heavy atom. The number of allylic oxidation sites excluding steroid dienone is 6. The van der Waals surface area contributed by atoms with Gasteiger partial charge < -0.3 is 34.3 Å². The molecule has 12 nitrogen and oxygen atoms in total. The molecule has 0 aromatic heterocycles. The van der Waals surface area contributed by atoms with Crippen LogP contribution in [-0.2, 0) is 38.7 Å². The molecular weight excluding hydrogens is 753 g/mol. The molecule has 0 radical (unpaired) electrons. The number of rotatable bonds is 36. The van der Waals surface area contributed by atoms with Gasteiger partial charge in [0.25, 0.3) is 10.1 Å². The number of aliphatic hydroxyl groups is 3. The van der Waals surface area contributed by atoms with Gasteiger partial charge in [-0.1, -0.05) is 134 Å². The summed E-state index contributed by atoms with van der Waals surface area (Å²) < 4.78 is 54.0. The van der Waals surface area contributed by atoms with Crippen LogP contribution < -0.4 is 0 Å². The number of carbonyl (C=O) groups excluding carboxylic acids is 2. The Hall–Kier alpha value is -2.13. The maximum Gasteiger partial charge on any atom is 0.306 e. The second kappa shape index (κ2) is 34.7. The number of hydrogen-bond acceptors (Lipinski definition) is 11. The predicted octanol–water partition coefficient (Wildman–Crippen LogP) is 8.61. The minimum atomic E-state index is -4.60. The molecule has 0 amide bonds. The van der Waals surface area contributed by atoms with Gasteiger partial charge in [0.2, 0.25) is 0 Å². The smallest absolute Gasteiger partial charge is 0.306 e. The van der Waals surface area contributed by atoms with Crippen LogP contribution in [0.25, 0.3) is 0 Å². The number of ether oxygens (including phenoxy) is 4. The first-order valence-electron chi connectivity index (χ1n) is 22.0. The summed E-state index contributed by atoms with van der Waals surface area (Å²) in [5.41, 5.74) is 0. The second-order valence-electron chi connectivity index (χ2n) is 15.4. The summed E-state index contributed by atoms with van der Waals surface area (Å²) in [7, 11) is -4.60. The van der Waals surface area contributed by atoms with Crippen LogP contribution in [0.4, 0.5) is 0 Å². The van der Waals surface area contributed by atoms with Crippen molar-refractivity contribution < 1.29 is 56.8 Å². The zero-order valence-corrected chi connectivity index (χ0v) is 36.0. The van der Waals surface area contributed by atoms with Gasteiger partial charge >= 0.3 is 11.9 Å². The first-order valence-corrected chi connectivity index (χ1v) is 23.7. The summed E-state index contributed by atoms with van der Waals surface area (Å²) in [5.74, 6) is -2.02. The molecule has 0 aliphatic carbocycles. The fourth-order valence-corrected chi connectivity index (χ4v) is 7.14. The van der Waals surface area contributed by atoms with Crippen molar-refractivity contribution in [3.63, 3.8) is 0 Å². The van der Waals surface area contributed by atoms with Gasteiger partial charge in [0.15, 0.2) is 12.4 Å². The number of unbranched alkanes of at least 4 members (excludes halogenated alkanes) is 18. The number of carbonyl (C=O) groups is 2. The molecule has 332 valence electrons. The molecule has 2 unspecified atom stereocenters. The first-order chi connectivity index (χ1) is 27.5. The first kappa shape index (κ1) is 52.9. The maximum atomic E-state index is 12.8. The Kier molecular flexibility index (Phi) is 32.2.